The van der Waals surface area contributed by atoms with Crippen LogP contribution in [0.15, 0.2) is 222 Å². The van der Waals surface area contributed by atoms with Crippen molar-refractivity contribution >= 4 is 31.9 Å². The van der Waals surface area contributed by atoms with E-state index in [1.165, 1.54) is 0 Å². The van der Waals surface area contributed by atoms with Crippen LogP contribution in [0.3, 0.4) is 0 Å². The number of benzene rings is 6. The summed E-state index contributed by atoms with van der Waals surface area (Å²) in [6.07, 6.45) is 11.7. The quantitative estimate of drug-likeness (QED) is 0.145. The van der Waals surface area contributed by atoms with E-state index in [1.807, 2.05) is 78.1 Å². The third kappa shape index (κ3) is 8.01. The van der Waals surface area contributed by atoms with E-state index >= 15 is 0 Å². The molecule has 5 nitrogen and oxygen atoms in total. The highest BCUT2D eigenvalue weighted by molar-refractivity contribution is 9.10. The van der Waals surface area contributed by atoms with Crippen LogP contribution in [-0.4, -0.2) is 24.5 Å². The van der Waals surface area contributed by atoms with Crippen molar-refractivity contribution in [1.29, 1.82) is 0 Å². The second-order valence-corrected chi connectivity index (χ2v) is 16.5. The topological polar surface area (TPSA) is 56.5 Å². The van der Waals surface area contributed by atoms with Crippen LogP contribution in [0.5, 0.6) is 0 Å². The number of pyridine rings is 2. The van der Waals surface area contributed by atoms with Gasteiger partial charge >= 0.3 is 0 Å². The van der Waals surface area contributed by atoms with Gasteiger partial charge in [-0.05, 0) is 117 Å². The van der Waals surface area contributed by atoms with Crippen molar-refractivity contribution in [2.24, 2.45) is 0 Å². The summed E-state index contributed by atoms with van der Waals surface area (Å²) in [5.74, 6) is 0.627. The Bertz CT molecular complexity index is 2990. The Balaban J connectivity index is 1.12. The lowest BCUT2D eigenvalue weighted by molar-refractivity contribution is 0.937. The summed E-state index contributed by atoms with van der Waals surface area (Å²) >= 11 is 7.22. The van der Waals surface area contributed by atoms with E-state index in [0.717, 1.165) is 98.2 Å². The Kier molecular flexibility index (Phi) is 10.6. The molecular weight excluding hydrogens is 878 g/mol. The minimum absolute atomic E-state index is 0.627. The first-order valence-electron chi connectivity index (χ1n) is 19.9. The molecule has 61 heavy (non-hydrogen) atoms. The summed E-state index contributed by atoms with van der Waals surface area (Å²) in [5, 5.41) is 0. The standard InChI is InChI=1S/C54H35Br2N5/c55-44-13-9-11-36(30-44)52-23-21-38(32-57-52)46-15-1-3-17-48(46)40-27-41(49-18-4-2-16-47(49)39-22-24-53(58-33-39)37-12-10-14-45(56)31-37)29-42(28-40)50-19-5-6-20-51(50)43-34-59-54(60-35-43)61-25-7-8-26-61/h1-35H. The smallest absolute Gasteiger partial charge is 0.233 e. The molecule has 0 spiro atoms. The molecule has 290 valence electrons. The zero-order valence-corrected chi connectivity index (χ0v) is 35.9. The molecule has 7 heteroatoms. The van der Waals surface area contributed by atoms with Gasteiger partial charge in [-0.3, -0.25) is 14.5 Å². The predicted molar refractivity (Wildman–Crippen MR) is 256 cm³/mol. The fourth-order valence-electron chi connectivity index (χ4n) is 7.86. The number of hydrogen-bond donors (Lipinski definition) is 0. The summed E-state index contributed by atoms with van der Waals surface area (Å²) in [7, 11) is 0. The maximum atomic E-state index is 4.93. The summed E-state index contributed by atoms with van der Waals surface area (Å²) in [6.45, 7) is 0. The molecule has 0 radical (unpaired) electrons. The van der Waals surface area contributed by atoms with Gasteiger partial charge < -0.3 is 0 Å². The average Bonchev–Trinajstić information content (AvgIpc) is 3.87. The van der Waals surface area contributed by atoms with Gasteiger partial charge in [0.2, 0.25) is 5.95 Å². The number of rotatable bonds is 9. The van der Waals surface area contributed by atoms with Crippen molar-refractivity contribution in [2.45, 2.75) is 0 Å². The molecule has 0 atom stereocenters. The number of hydrogen-bond acceptors (Lipinski definition) is 4. The van der Waals surface area contributed by atoms with Crippen LogP contribution in [0.4, 0.5) is 0 Å². The second-order valence-electron chi connectivity index (χ2n) is 14.7. The molecule has 0 aliphatic carbocycles. The Morgan fingerprint density at radius 1 is 0.295 bits per heavy atom. The van der Waals surface area contributed by atoms with Gasteiger partial charge in [-0.15, -0.1) is 0 Å². The predicted octanol–water partition coefficient (Wildman–Crippen LogP) is 14.9. The monoisotopic (exact) mass is 911 g/mol. The van der Waals surface area contributed by atoms with E-state index in [4.69, 9.17) is 19.9 Å². The van der Waals surface area contributed by atoms with Crippen molar-refractivity contribution in [3.63, 3.8) is 0 Å². The van der Waals surface area contributed by atoms with Gasteiger partial charge in [-0.25, -0.2) is 9.97 Å². The van der Waals surface area contributed by atoms with Gasteiger partial charge in [-0.1, -0.05) is 141 Å². The van der Waals surface area contributed by atoms with Gasteiger partial charge in [-0.2, -0.15) is 0 Å². The third-order valence-corrected chi connectivity index (χ3v) is 11.8. The molecule has 0 unspecified atom stereocenters. The maximum absolute atomic E-state index is 4.93. The largest absolute Gasteiger partial charge is 0.293 e. The van der Waals surface area contributed by atoms with E-state index in [-0.39, 0.29) is 0 Å². The first-order valence-corrected chi connectivity index (χ1v) is 21.5. The van der Waals surface area contributed by atoms with E-state index < -0.39 is 0 Å². The van der Waals surface area contributed by atoms with E-state index in [0.29, 0.717) is 5.95 Å². The minimum atomic E-state index is 0.627. The van der Waals surface area contributed by atoms with Crippen LogP contribution >= 0.6 is 31.9 Å². The molecule has 6 aromatic carbocycles. The van der Waals surface area contributed by atoms with Crippen molar-refractivity contribution in [3.8, 4) is 95.2 Å². The SMILES string of the molecule is Brc1cccc(-c2ccc(-c3ccccc3-c3cc(-c4ccccc4-c4ccc(-c5cccc(Br)c5)nc4)cc(-c4ccccc4-c4cnc(-n5cccc5)nc4)c3)cn2)c1. The van der Waals surface area contributed by atoms with Crippen LogP contribution in [-0.2, 0) is 0 Å². The van der Waals surface area contributed by atoms with Gasteiger partial charge in [0.15, 0.2) is 0 Å². The van der Waals surface area contributed by atoms with Crippen molar-refractivity contribution in [3.05, 3.63) is 222 Å². The molecule has 0 bridgehead atoms. The molecule has 4 aromatic heterocycles. The number of aromatic nitrogens is 5. The molecule has 0 N–H and O–H groups in total. The summed E-state index contributed by atoms with van der Waals surface area (Å²) < 4.78 is 3.96. The first kappa shape index (κ1) is 38.2. The normalized spacial score (nSPS) is 11.1. The summed E-state index contributed by atoms with van der Waals surface area (Å²) in [6, 6.07) is 61.5. The summed E-state index contributed by atoms with van der Waals surface area (Å²) in [5.41, 5.74) is 16.8. The van der Waals surface area contributed by atoms with Gasteiger partial charge in [0.05, 0.1) is 11.4 Å². The Hall–Kier alpha value is -7.06. The van der Waals surface area contributed by atoms with Crippen LogP contribution in [0.25, 0.3) is 95.2 Å². The zero-order chi connectivity index (χ0) is 41.1. The molecular formula is C54H35Br2N5. The first-order chi connectivity index (χ1) is 30.0. The lowest BCUT2D eigenvalue weighted by Crippen LogP contribution is -1.98. The molecule has 10 aromatic rings. The molecule has 0 saturated heterocycles. The maximum Gasteiger partial charge on any atom is 0.233 e. The molecule has 0 aliphatic rings. The highest BCUT2D eigenvalue weighted by Gasteiger charge is 2.17. The highest BCUT2D eigenvalue weighted by atomic mass is 79.9. The molecule has 10 rings (SSSR count). The molecule has 4 heterocycles. The lowest BCUT2D eigenvalue weighted by Gasteiger charge is -2.18. The van der Waals surface area contributed by atoms with E-state index in [2.05, 4.69) is 171 Å². The number of halogens is 2. The van der Waals surface area contributed by atoms with E-state index in [9.17, 15) is 0 Å². The minimum Gasteiger partial charge on any atom is -0.293 e. The summed E-state index contributed by atoms with van der Waals surface area (Å²) in [4.78, 5) is 19.4. The van der Waals surface area contributed by atoms with Crippen molar-refractivity contribution in [2.75, 3.05) is 0 Å². The van der Waals surface area contributed by atoms with Crippen molar-refractivity contribution < 1.29 is 0 Å². The molecule has 0 aliphatic heterocycles. The lowest BCUT2D eigenvalue weighted by atomic mass is 9.86. The highest BCUT2D eigenvalue weighted by Crippen LogP contribution is 2.42. The average molecular weight is 914 g/mol. The second kappa shape index (κ2) is 16.9. The van der Waals surface area contributed by atoms with E-state index in [1.54, 1.807) is 0 Å². The van der Waals surface area contributed by atoms with Gasteiger partial charge in [0, 0.05) is 73.9 Å². The van der Waals surface area contributed by atoms with Gasteiger partial charge in [0.25, 0.3) is 0 Å². The fraction of sp³-hybridized carbons (Fsp3) is 0. The van der Waals surface area contributed by atoms with Crippen LogP contribution in [0.1, 0.15) is 0 Å². The molecule has 0 saturated carbocycles. The fourth-order valence-corrected chi connectivity index (χ4v) is 8.66. The van der Waals surface area contributed by atoms with Crippen LogP contribution in [0, 0.1) is 0 Å². The van der Waals surface area contributed by atoms with Gasteiger partial charge in [0.1, 0.15) is 0 Å². The molecule has 0 amide bonds. The third-order valence-electron chi connectivity index (χ3n) is 10.8. The van der Waals surface area contributed by atoms with Crippen molar-refractivity contribution in [1.82, 2.24) is 24.5 Å². The Labute approximate surface area is 371 Å². The number of nitrogens with zero attached hydrogens (tertiary/aromatic N) is 5. The zero-order valence-electron chi connectivity index (χ0n) is 32.7. The molecule has 0 fully saturated rings. The Morgan fingerprint density at radius 3 is 1.05 bits per heavy atom. The Morgan fingerprint density at radius 2 is 0.672 bits per heavy atom. The van der Waals surface area contributed by atoms with Crippen LogP contribution < -0.4 is 0 Å². The van der Waals surface area contributed by atoms with Crippen LogP contribution in [0.2, 0.25) is 0 Å².